The van der Waals surface area contributed by atoms with E-state index in [1.165, 1.54) is 12.1 Å². The van der Waals surface area contributed by atoms with Crippen molar-refractivity contribution in [2.75, 3.05) is 47.4 Å². The van der Waals surface area contributed by atoms with E-state index in [0.29, 0.717) is 37.3 Å². The van der Waals surface area contributed by atoms with E-state index < -0.39 is 0 Å². The van der Waals surface area contributed by atoms with E-state index in [-0.39, 0.29) is 42.3 Å². The van der Waals surface area contributed by atoms with Crippen molar-refractivity contribution < 1.29 is 19.0 Å². The Bertz CT molecular complexity index is 1080. The first-order valence-corrected chi connectivity index (χ1v) is 11.8. The number of nitrogens with zero attached hydrogens (tertiary/aromatic N) is 4. The number of aliphatic hydroxyl groups excluding tert-OH is 1. The van der Waals surface area contributed by atoms with Gasteiger partial charge in [0.25, 0.3) is 5.91 Å². The lowest BCUT2D eigenvalue weighted by Gasteiger charge is -2.37. The summed E-state index contributed by atoms with van der Waals surface area (Å²) in [6.07, 6.45) is 1.35. The number of rotatable bonds is 7. The highest BCUT2D eigenvalue weighted by molar-refractivity contribution is 5.97. The number of hydrogen-bond donors (Lipinski definition) is 1. The average molecular weight is 483 g/mol. The molecule has 1 aliphatic rings. The molecule has 1 aromatic heterocycles. The number of likely N-dealkylation sites (N-methyl/N-ethyl adjacent to an activating group) is 1. The second-order valence-corrected chi connectivity index (χ2v) is 9.57. The van der Waals surface area contributed by atoms with Crippen LogP contribution in [0.15, 0.2) is 36.5 Å². The van der Waals surface area contributed by atoms with E-state index in [1.54, 1.807) is 23.2 Å². The molecule has 35 heavy (non-hydrogen) atoms. The number of carbonyl (C=O) groups excluding carboxylic acids is 1. The third-order valence-electron chi connectivity index (χ3n) is 5.98. The van der Waals surface area contributed by atoms with E-state index in [0.717, 1.165) is 5.56 Å². The van der Waals surface area contributed by atoms with Gasteiger partial charge in [0.05, 0.1) is 19.2 Å². The van der Waals surface area contributed by atoms with Crippen LogP contribution in [-0.4, -0.2) is 90.2 Å². The molecule has 3 rings (SSSR count). The summed E-state index contributed by atoms with van der Waals surface area (Å²) < 4.78 is 19.9. The highest BCUT2D eigenvalue weighted by Crippen LogP contribution is 2.27. The van der Waals surface area contributed by atoms with E-state index in [1.807, 2.05) is 46.0 Å². The van der Waals surface area contributed by atoms with Gasteiger partial charge in [-0.05, 0) is 51.8 Å². The molecular weight excluding hydrogens is 447 g/mol. The number of amides is 1. The molecule has 2 heterocycles. The summed E-state index contributed by atoms with van der Waals surface area (Å²) in [5.74, 6) is 5.86. The Morgan fingerprint density at radius 2 is 2.09 bits per heavy atom. The number of ether oxygens (including phenoxy) is 1. The SMILES string of the molecule is C[C@H](CO)N1C[C@H](C)[C@H](CN(C)Cc2cccc(F)c2)Oc2ncc(C#CCN(C)C)cc2C1=O. The number of carbonyl (C=O) groups is 1. The smallest absolute Gasteiger partial charge is 0.259 e. The Morgan fingerprint density at radius 3 is 2.77 bits per heavy atom. The van der Waals surface area contributed by atoms with Crippen molar-refractivity contribution in [1.82, 2.24) is 19.7 Å². The maximum atomic E-state index is 13.6. The number of aromatic nitrogens is 1. The predicted octanol–water partition coefficient (Wildman–Crippen LogP) is 2.49. The molecule has 8 heteroatoms. The van der Waals surface area contributed by atoms with Crippen molar-refractivity contribution in [1.29, 1.82) is 0 Å². The first-order valence-electron chi connectivity index (χ1n) is 11.8. The van der Waals surface area contributed by atoms with Crippen LogP contribution in [0.1, 0.15) is 35.3 Å². The van der Waals surface area contributed by atoms with Gasteiger partial charge in [-0.3, -0.25) is 14.6 Å². The highest BCUT2D eigenvalue weighted by atomic mass is 19.1. The number of fused-ring (bicyclic) bond motifs is 1. The van der Waals surface area contributed by atoms with Gasteiger partial charge in [0.1, 0.15) is 17.5 Å². The van der Waals surface area contributed by atoms with Gasteiger partial charge in [-0.15, -0.1) is 0 Å². The van der Waals surface area contributed by atoms with Crippen LogP contribution in [0.25, 0.3) is 0 Å². The molecule has 0 saturated heterocycles. The number of halogens is 1. The summed E-state index contributed by atoms with van der Waals surface area (Å²) >= 11 is 0. The summed E-state index contributed by atoms with van der Waals surface area (Å²) in [5.41, 5.74) is 1.84. The molecule has 2 aromatic rings. The minimum atomic E-state index is -0.356. The van der Waals surface area contributed by atoms with Gasteiger partial charge in [-0.25, -0.2) is 9.37 Å². The van der Waals surface area contributed by atoms with Crippen LogP contribution in [0, 0.1) is 23.6 Å². The van der Waals surface area contributed by atoms with Gasteiger partial charge in [0, 0.05) is 37.3 Å². The number of benzene rings is 1. The molecule has 1 amide bonds. The van der Waals surface area contributed by atoms with Gasteiger partial charge in [0.15, 0.2) is 0 Å². The topological polar surface area (TPSA) is 69.1 Å². The third-order valence-corrected chi connectivity index (χ3v) is 5.98. The number of pyridine rings is 1. The molecule has 3 atom stereocenters. The highest BCUT2D eigenvalue weighted by Gasteiger charge is 2.34. The Labute approximate surface area is 207 Å². The lowest BCUT2D eigenvalue weighted by atomic mass is 9.99. The molecule has 1 aliphatic heterocycles. The molecule has 0 saturated carbocycles. The Hall–Kier alpha value is -2.99. The van der Waals surface area contributed by atoms with Gasteiger partial charge in [-0.2, -0.15) is 0 Å². The molecule has 0 fully saturated rings. The average Bonchev–Trinajstić information content (AvgIpc) is 2.81. The molecule has 0 aliphatic carbocycles. The Balaban J connectivity index is 1.89. The maximum Gasteiger partial charge on any atom is 0.259 e. The Kier molecular flexibility index (Phi) is 9.21. The molecule has 1 aromatic carbocycles. The van der Waals surface area contributed by atoms with E-state index >= 15 is 0 Å². The zero-order valence-electron chi connectivity index (χ0n) is 21.2. The predicted molar refractivity (Wildman–Crippen MR) is 134 cm³/mol. The van der Waals surface area contributed by atoms with Crippen LogP contribution in [-0.2, 0) is 6.54 Å². The van der Waals surface area contributed by atoms with Crippen LogP contribution >= 0.6 is 0 Å². The first kappa shape index (κ1) is 26.6. The van der Waals surface area contributed by atoms with Crippen LogP contribution in [0.2, 0.25) is 0 Å². The normalized spacial score (nSPS) is 18.9. The minimum absolute atomic E-state index is 0.0302. The quantitative estimate of drug-likeness (QED) is 0.612. The van der Waals surface area contributed by atoms with E-state index in [2.05, 4.69) is 21.7 Å². The summed E-state index contributed by atoms with van der Waals surface area (Å²) in [6.45, 7) is 5.83. The standard InChI is InChI=1S/C27H35FN4O3/c1-19-15-32(20(2)18-33)27(34)24-13-21(9-7-11-30(3)4)14-29-26(24)35-25(19)17-31(5)16-22-8-6-10-23(28)12-22/h6,8,10,12-14,19-20,25,33H,11,15-18H2,1-5H3/t19-,20+,25-/m0/s1. The van der Waals surface area contributed by atoms with Gasteiger partial charge in [0.2, 0.25) is 5.88 Å². The second-order valence-electron chi connectivity index (χ2n) is 9.57. The fourth-order valence-corrected chi connectivity index (χ4v) is 4.01. The van der Waals surface area contributed by atoms with Crippen molar-refractivity contribution in [3.63, 3.8) is 0 Å². The summed E-state index contributed by atoms with van der Waals surface area (Å²) in [4.78, 5) is 23.6. The third kappa shape index (κ3) is 7.25. The van der Waals surface area contributed by atoms with Crippen LogP contribution in [0.4, 0.5) is 4.39 Å². The van der Waals surface area contributed by atoms with E-state index in [9.17, 15) is 14.3 Å². The summed E-state index contributed by atoms with van der Waals surface area (Å²) in [6, 6.07) is 7.91. The summed E-state index contributed by atoms with van der Waals surface area (Å²) in [5, 5.41) is 9.82. The monoisotopic (exact) mass is 482 g/mol. The molecule has 0 unspecified atom stereocenters. The molecular formula is C27H35FN4O3. The largest absolute Gasteiger partial charge is 0.472 e. The van der Waals surface area contributed by atoms with Crippen molar-refractivity contribution in [2.24, 2.45) is 5.92 Å². The minimum Gasteiger partial charge on any atom is -0.472 e. The zero-order valence-corrected chi connectivity index (χ0v) is 21.2. The lowest BCUT2D eigenvalue weighted by Crippen LogP contribution is -2.49. The van der Waals surface area contributed by atoms with Crippen LogP contribution in [0.5, 0.6) is 5.88 Å². The Morgan fingerprint density at radius 1 is 1.31 bits per heavy atom. The molecule has 188 valence electrons. The fourth-order valence-electron chi connectivity index (χ4n) is 4.01. The molecule has 7 nitrogen and oxygen atoms in total. The maximum absolute atomic E-state index is 13.6. The first-order chi connectivity index (χ1) is 16.7. The molecule has 1 N–H and O–H groups in total. The lowest BCUT2D eigenvalue weighted by molar-refractivity contribution is 0.0325. The van der Waals surface area contributed by atoms with Gasteiger partial charge >= 0.3 is 0 Å². The second kappa shape index (κ2) is 12.1. The molecule has 0 bridgehead atoms. The summed E-state index contributed by atoms with van der Waals surface area (Å²) in [7, 11) is 5.83. The van der Waals surface area contributed by atoms with Crippen LogP contribution < -0.4 is 4.74 Å². The van der Waals surface area contributed by atoms with Gasteiger partial charge < -0.3 is 14.7 Å². The number of aliphatic hydroxyl groups is 1. The molecule has 0 spiro atoms. The van der Waals surface area contributed by atoms with Crippen molar-refractivity contribution in [3.05, 3.63) is 59.0 Å². The fraction of sp³-hybridized carbons (Fsp3) is 0.481. The van der Waals surface area contributed by atoms with Crippen molar-refractivity contribution in [3.8, 4) is 17.7 Å². The molecule has 0 radical (unpaired) electrons. The van der Waals surface area contributed by atoms with Gasteiger partial charge in [-0.1, -0.05) is 30.9 Å². The van der Waals surface area contributed by atoms with Crippen molar-refractivity contribution >= 4 is 5.91 Å². The van der Waals surface area contributed by atoms with Crippen molar-refractivity contribution in [2.45, 2.75) is 32.5 Å². The number of hydrogen-bond acceptors (Lipinski definition) is 6. The van der Waals surface area contributed by atoms with E-state index in [4.69, 9.17) is 4.74 Å². The zero-order chi connectivity index (χ0) is 25.5. The van der Waals surface area contributed by atoms with Crippen LogP contribution in [0.3, 0.4) is 0 Å².